The molecule has 0 fully saturated rings. The van der Waals surface area contributed by atoms with E-state index < -0.39 is 11.7 Å². The molecule has 1 aromatic carbocycles. The summed E-state index contributed by atoms with van der Waals surface area (Å²) >= 11 is 0. The SMILES string of the molecule is CC1CCn2cnc(COc3ccccc3C(F)(F)F)c2C1. The second-order valence-electron chi connectivity index (χ2n) is 5.71. The number of ether oxygens (including phenoxy) is 1. The zero-order valence-corrected chi connectivity index (χ0v) is 12.2. The zero-order valence-electron chi connectivity index (χ0n) is 12.2. The van der Waals surface area contributed by atoms with Gasteiger partial charge in [0.1, 0.15) is 12.4 Å². The Balaban J connectivity index is 1.78. The first-order chi connectivity index (χ1) is 10.4. The van der Waals surface area contributed by atoms with Crippen LogP contribution in [0.15, 0.2) is 30.6 Å². The number of fused-ring (bicyclic) bond motifs is 1. The topological polar surface area (TPSA) is 27.1 Å². The van der Waals surface area contributed by atoms with Gasteiger partial charge in [-0.1, -0.05) is 19.1 Å². The van der Waals surface area contributed by atoms with Gasteiger partial charge in [-0.3, -0.25) is 0 Å². The number of aromatic nitrogens is 2. The van der Waals surface area contributed by atoms with E-state index in [0.29, 0.717) is 5.92 Å². The number of benzene rings is 1. The van der Waals surface area contributed by atoms with E-state index in [1.54, 1.807) is 6.33 Å². The number of aryl methyl sites for hydroxylation is 1. The van der Waals surface area contributed by atoms with Gasteiger partial charge in [0.2, 0.25) is 0 Å². The molecule has 1 atom stereocenters. The summed E-state index contributed by atoms with van der Waals surface area (Å²) in [6.07, 6.45) is -0.686. The molecule has 0 saturated carbocycles. The number of para-hydroxylation sites is 1. The van der Waals surface area contributed by atoms with Gasteiger partial charge >= 0.3 is 6.18 Å². The molecule has 3 nitrogen and oxygen atoms in total. The molecule has 0 aliphatic carbocycles. The van der Waals surface area contributed by atoms with Crippen LogP contribution in [0.3, 0.4) is 0 Å². The fourth-order valence-electron chi connectivity index (χ4n) is 2.76. The van der Waals surface area contributed by atoms with Gasteiger partial charge in [-0.2, -0.15) is 13.2 Å². The van der Waals surface area contributed by atoms with Gasteiger partial charge in [0, 0.05) is 12.2 Å². The largest absolute Gasteiger partial charge is 0.487 e. The Morgan fingerprint density at radius 1 is 1.32 bits per heavy atom. The maximum atomic E-state index is 12.9. The van der Waals surface area contributed by atoms with Crippen molar-refractivity contribution in [2.45, 2.75) is 39.1 Å². The highest BCUT2D eigenvalue weighted by molar-refractivity contribution is 5.35. The monoisotopic (exact) mass is 310 g/mol. The molecule has 1 aromatic heterocycles. The minimum absolute atomic E-state index is 0.0577. The van der Waals surface area contributed by atoms with Crippen molar-refractivity contribution in [1.82, 2.24) is 9.55 Å². The minimum Gasteiger partial charge on any atom is -0.487 e. The fourth-order valence-corrected chi connectivity index (χ4v) is 2.76. The van der Waals surface area contributed by atoms with Gasteiger partial charge in [-0.15, -0.1) is 0 Å². The second-order valence-corrected chi connectivity index (χ2v) is 5.71. The lowest BCUT2D eigenvalue weighted by Crippen LogP contribution is -2.17. The maximum absolute atomic E-state index is 12.9. The number of rotatable bonds is 3. The highest BCUT2D eigenvalue weighted by atomic mass is 19.4. The van der Waals surface area contributed by atoms with Gasteiger partial charge in [-0.25, -0.2) is 4.98 Å². The number of halogens is 3. The van der Waals surface area contributed by atoms with Crippen molar-refractivity contribution in [3.63, 3.8) is 0 Å². The van der Waals surface area contributed by atoms with E-state index in [1.165, 1.54) is 18.2 Å². The van der Waals surface area contributed by atoms with Crippen molar-refractivity contribution in [3.8, 4) is 5.75 Å². The molecule has 1 aliphatic heterocycles. The van der Waals surface area contributed by atoms with Crippen molar-refractivity contribution in [2.75, 3.05) is 0 Å². The predicted octanol–water partition coefficient (Wildman–Crippen LogP) is 4.06. The number of nitrogens with zero attached hydrogens (tertiary/aromatic N) is 2. The lowest BCUT2D eigenvalue weighted by Gasteiger charge is -2.21. The maximum Gasteiger partial charge on any atom is 0.419 e. The Kier molecular flexibility index (Phi) is 3.85. The third-order valence-electron chi connectivity index (χ3n) is 3.99. The van der Waals surface area contributed by atoms with Gasteiger partial charge < -0.3 is 9.30 Å². The summed E-state index contributed by atoms with van der Waals surface area (Å²) < 4.78 is 46.3. The van der Waals surface area contributed by atoms with Crippen LogP contribution in [0.5, 0.6) is 5.75 Å². The lowest BCUT2D eigenvalue weighted by molar-refractivity contribution is -0.139. The summed E-state index contributed by atoms with van der Waals surface area (Å²) in [5.41, 5.74) is 1.04. The smallest absolute Gasteiger partial charge is 0.419 e. The zero-order chi connectivity index (χ0) is 15.7. The van der Waals surface area contributed by atoms with Crippen LogP contribution in [0, 0.1) is 5.92 Å². The number of imidazole rings is 1. The summed E-state index contributed by atoms with van der Waals surface area (Å²) in [5, 5.41) is 0. The molecule has 0 saturated heterocycles. The molecule has 3 rings (SSSR count). The molecule has 0 radical (unpaired) electrons. The van der Waals surface area contributed by atoms with Gasteiger partial charge in [0.25, 0.3) is 0 Å². The molecule has 0 N–H and O–H groups in total. The van der Waals surface area contributed by atoms with E-state index in [9.17, 15) is 13.2 Å². The third kappa shape index (κ3) is 2.96. The molecule has 1 aliphatic rings. The highest BCUT2D eigenvalue weighted by Crippen LogP contribution is 2.36. The van der Waals surface area contributed by atoms with Gasteiger partial charge in [-0.05, 0) is 30.9 Å². The van der Waals surface area contributed by atoms with E-state index in [1.807, 2.05) is 0 Å². The number of hydrogen-bond acceptors (Lipinski definition) is 2. The molecular weight excluding hydrogens is 293 g/mol. The average Bonchev–Trinajstić information content (AvgIpc) is 2.87. The van der Waals surface area contributed by atoms with Crippen LogP contribution in [0.4, 0.5) is 13.2 Å². The Hall–Kier alpha value is -1.98. The van der Waals surface area contributed by atoms with Gasteiger partial charge in [0.15, 0.2) is 0 Å². The molecular formula is C16H17F3N2O. The standard InChI is InChI=1S/C16H17F3N2O/c1-11-6-7-21-10-20-13(14(21)8-11)9-22-15-5-3-2-4-12(15)16(17,18)19/h2-5,10-11H,6-9H2,1H3. The quantitative estimate of drug-likeness (QED) is 0.854. The first-order valence-corrected chi connectivity index (χ1v) is 7.27. The normalized spacial score (nSPS) is 18.1. The summed E-state index contributed by atoms with van der Waals surface area (Å²) in [4.78, 5) is 4.30. The first-order valence-electron chi connectivity index (χ1n) is 7.27. The molecule has 1 unspecified atom stereocenters. The van der Waals surface area contributed by atoms with Crippen LogP contribution < -0.4 is 4.74 Å². The third-order valence-corrected chi connectivity index (χ3v) is 3.99. The van der Waals surface area contributed by atoms with E-state index in [0.717, 1.165) is 36.8 Å². The van der Waals surface area contributed by atoms with Crippen molar-refractivity contribution < 1.29 is 17.9 Å². The summed E-state index contributed by atoms with van der Waals surface area (Å²) in [5.74, 6) is 0.408. The van der Waals surface area contributed by atoms with E-state index in [-0.39, 0.29) is 12.4 Å². The average molecular weight is 310 g/mol. The summed E-state index contributed by atoms with van der Waals surface area (Å²) in [7, 11) is 0. The van der Waals surface area contributed by atoms with Crippen LogP contribution in [0.25, 0.3) is 0 Å². The molecule has 22 heavy (non-hydrogen) atoms. The van der Waals surface area contributed by atoms with Crippen LogP contribution >= 0.6 is 0 Å². The van der Waals surface area contributed by atoms with E-state index in [2.05, 4.69) is 16.5 Å². The van der Waals surface area contributed by atoms with Crippen molar-refractivity contribution in [1.29, 1.82) is 0 Å². The molecule has 118 valence electrons. The first kappa shape index (κ1) is 14.9. The predicted molar refractivity (Wildman–Crippen MR) is 75.5 cm³/mol. The lowest BCUT2D eigenvalue weighted by atomic mass is 9.97. The Labute approximate surface area is 126 Å². The Bertz CT molecular complexity index is 664. The van der Waals surface area contributed by atoms with Crippen LogP contribution in [0.1, 0.15) is 30.3 Å². The van der Waals surface area contributed by atoms with E-state index >= 15 is 0 Å². The molecule has 2 heterocycles. The summed E-state index contributed by atoms with van der Waals surface area (Å²) in [6, 6.07) is 5.26. The minimum atomic E-state index is -4.42. The van der Waals surface area contributed by atoms with Gasteiger partial charge in [0.05, 0.1) is 17.6 Å². The second kappa shape index (κ2) is 5.66. The summed E-state index contributed by atoms with van der Waals surface area (Å²) in [6.45, 7) is 3.13. The number of hydrogen-bond donors (Lipinski definition) is 0. The van der Waals surface area contributed by atoms with Crippen LogP contribution in [0.2, 0.25) is 0 Å². The van der Waals surface area contributed by atoms with E-state index in [4.69, 9.17) is 4.74 Å². The Morgan fingerprint density at radius 2 is 2.09 bits per heavy atom. The van der Waals surface area contributed by atoms with Crippen LogP contribution in [-0.2, 0) is 25.7 Å². The molecule has 6 heteroatoms. The molecule has 0 amide bonds. The molecule has 2 aromatic rings. The Morgan fingerprint density at radius 3 is 2.86 bits per heavy atom. The van der Waals surface area contributed by atoms with Crippen molar-refractivity contribution in [3.05, 3.63) is 47.5 Å². The molecule has 0 bridgehead atoms. The van der Waals surface area contributed by atoms with Crippen LogP contribution in [-0.4, -0.2) is 9.55 Å². The number of alkyl halides is 3. The fraction of sp³-hybridized carbons (Fsp3) is 0.438. The molecule has 0 spiro atoms. The van der Waals surface area contributed by atoms with Crippen molar-refractivity contribution >= 4 is 0 Å². The van der Waals surface area contributed by atoms with Crippen molar-refractivity contribution in [2.24, 2.45) is 5.92 Å². The highest BCUT2D eigenvalue weighted by Gasteiger charge is 2.34.